The number of nitrogens with one attached hydrogen (secondary N) is 1. The molecule has 1 aliphatic rings. The molecule has 2 aromatic rings. The molecular weight excluding hydrogens is 403 g/mol. The summed E-state index contributed by atoms with van der Waals surface area (Å²) >= 11 is 0. The van der Waals surface area contributed by atoms with Gasteiger partial charge in [0.25, 0.3) is 5.91 Å². The number of halogens is 1. The summed E-state index contributed by atoms with van der Waals surface area (Å²) in [4.78, 5) is 52.1. The Labute approximate surface area is 178 Å². The van der Waals surface area contributed by atoms with Crippen LogP contribution in [0.5, 0.6) is 0 Å². The molecule has 0 aliphatic carbocycles. The molecule has 8 nitrogen and oxygen atoms in total. The fraction of sp³-hybridized carbons (Fsp3) is 0.273. The first-order valence-corrected chi connectivity index (χ1v) is 9.60. The second kappa shape index (κ2) is 8.17. The lowest BCUT2D eigenvalue weighted by atomic mass is 9.90. The summed E-state index contributed by atoms with van der Waals surface area (Å²) in [6.07, 6.45) is 0. The summed E-state index contributed by atoms with van der Waals surface area (Å²) in [6.45, 7) is 2.80. The van der Waals surface area contributed by atoms with E-state index in [0.29, 0.717) is 11.1 Å². The number of urea groups is 1. The van der Waals surface area contributed by atoms with Crippen molar-refractivity contribution in [2.75, 3.05) is 13.6 Å². The van der Waals surface area contributed by atoms with E-state index in [0.717, 1.165) is 4.90 Å². The van der Waals surface area contributed by atoms with Gasteiger partial charge >= 0.3 is 6.03 Å². The van der Waals surface area contributed by atoms with Gasteiger partial charge in [0.15, 0.2) is 0 Å². The molecule has 0 spiro atoms. The molecule has 5 amide bonds. The first-order chi connectivity index (χ1) is 14.5. The molecule has 31 heavy (non-hydrogen) atoms. The van der Waals surface area contributed by atoms with Gasteiger partial charge in [0.2, 0.25) is 11.8 Å². The number of rotatable bonds is 6. The number of likely N-dealkylation sites (N-methyl/N-ethyl adjacent to an activating group) is 1. The van der Waals surface area contributed by atoms with Crippen LogP contribution >= 0.6 is 0 Å². The van der Waals surface area contributed by atoms with Crippen LogP contribution in [0.15, 0.2) is 48.5 Å². The van der Waals surface area contributed by atoms with E-state index >= 15 is 0 Å². The van der Waals surface area contributed by atoms with Gasteiger partial charge in [0.1, 0.15) is 17.9 Å². The zero-order chi connectivity index (χ0) is 22.9. The molecule has 2 atom stereocenters. The highest BCUT2D eigenvalue weighted by Crippen LogP contribution is 2.29. The van der Waals surface area contributed by atoms with Crippen LogP contribution in [0.3, 0.4) is 0 Å². The van der Waals surface area contributed by atoms with Gasteiger partial charge < -0.3 is 16.0 Å². The lowest BCUT2D eigenvalue weighted by Crippen LogP contribution is -2.44. The number of carbonyl (C=O) groups excluding carboxylic acids is 4. The van der Waals surface area contributed by atoms with Crippen LogP contribution in [0.4, 0.5) is 9.18 Å². The summed E-state index contributed by atoms with van der Waals surface area (Å²) in [5.74, 6) is -2.12. The summed E-state index contributed by atoms with van der Waals surface area (Å²) in [6, 6.07) is 10.7. The predicted molar refractivity (Wildman–Crippen MR) is 110 cm³/mol. The van der Waals surface area contributed by atoms with E-state index in [9.17, 15) is 23.6 Å². The lowest BCUT2D eigenvalue weighted by molar-refractivity contribution is -0.139. The van der Waals surface area contributed by atoms with Crippen molar-refractivity contribution in [3.8, 4) is 0 Å². The topological polar surface area (TPSA) is 113 Å². The molecule has 3 rings (SSSR count). The van der Waals surface area contributed by atoms with Crippen LogP contribution in [-0.2, 0) is 15.1 Å². The van der Waals surface area contributed by atoms with Crippen LogP contribution in [0.2, 0.25) is 0 Å². The molecule has 2 aromatic carbocycles. The molecule has 1 saturated heterocycles. The average Bonchev–Trinajstić information content (AvgIpc) is 2.97. The van der Waals surface area contributed by atoms with Crippen molar-refractivity contribution < 1.29 is 23.6 Å². The molecule has 3 N–H and O–H groups in total. The fourth-order valence-electron chi connectivity index (χ4n) is 3.45. The van der Waals surface area contributed by atoms with Gasteiger partial charge in [0.05, 0.1) is 6.04 Å². The van der Waals surface area contributed by atoms with Crippen LogP contribution in [-0.4, -0.2) is 47.1 Å². The van der Waals surface area contributed by atoms with E-state index in [1.165, 1.54) is 36.1 Å². The van der Waals surface area contributed by atoms with Crippen molar-refractivity contribution in [3.05, 3.63) is 71.0 Å². The molecule has 9 heteroatoms. The standard InChI is InChI=1S/C22H23FN4O4/c1-13(14-7-9-17(23)10-8-14)26(3)18(28)12-27-20(30)22(2,25-21(27)31)16-6-4-5-15(11-16)19(24)29/h4-11,13H,12H2,1-3H3,(H2,24,29)(H,25,31). The van der Waals surface area contributed by atoms with Crippen LogP contribution in [0.25, 0.3) is 0 Å². The Morgan fingerprint density at radius 3 is 2.45 bits per heavy atom. The third-order valence-corrected chi connectivity index (χ3v) is 5.62. The predicted octanol–water partition coefficient (Wildman–Crippen LogP) is 1.91. The third-order valence-electron chi connectivity index (χ3n) is 5.62. The second-order valence-corrected chi connectivity index (χ2v) is 7.62. The van der Waals surface area contributed by atoms with Gasteiger partial charge in [-0.2, -0.15) is 0 Å². The van der Waals surface area contributed by atoms with E-state index in [4.69, 9.17) is 5.73 Å². The molecule has 0 bridgehead atoms. The molecule has 0 saturated carbocycles. The Kier molecular flexibility index (Phi) is 5.79. The van der Waals surface area contributed by atoms with Gasteiger partial charge in [0, 0.05) is 12.6 Å². The number of nitrogens with two attached hydrogens (primary N) is 1. The van der Waals surface area contributed by atoms with E-state index in [-0.39, 0.29) is 11.4 Å². The number of nitrogens with zero attached hydrogens (tertiary/aromatic N) is 2. The van der Waals surface area contributed by atoms with E-state index in [1.807, 2.05) is 0 Å². The number of hydrogen-bond acceptors (Lipinski definition) is 4. The largest absolute Gasteiger partial charge is 0.366 e. The van der Waals surface area contributed by atoms with Crippen molar-refractivity contribution >= 4 is 23.8 Å². The number of carbonyl (C=O) groups is 4. The minimum atomic E-state index is -1.44. The monoisotopic (exact) mass is 426 g/mol. The van der Waals surface area contributed by atoms with E-state index < -0.39 is 41.9 Å². The second-order valence-electron chi connectivity index (χ2n) is 7.62. The Bertz CT molecular complexity index is 1060. The lowest BCUT2D eigenvalue weighted by Gasteiger charge is -2.27. The molecule has 0 radical (unpaired) electrons. The zero-order valence-corrected chi connectivity index (χ0v) is 17.4. The smallest absolute Gasteiger partial charge is 0.325 e. The van der Waals surface area contributed by atoms with Gasteiger partial charge in [-0.1, -0.05) is 24.3 Å². The number of hydrogen-bond donors (Lipinski definition) is 2. The highest BCUT2D eigenvalue weighted by molar-refractivity contribution is 6.09. The van der Waals surface area contributed by atoms with Gasteiger partial charge in [-0.25, -0.2) is 9.18 Å². The molecule has 1 aliphatic heterocycles. The van der Waals surface area contributed by atoms with Gasteiger partial charge in [-0.05, 0) is 49.2 Å². The molecule has 162 valence electrons. The maximum absolute atomic E-state index is 13.2. The van der Waals surface area contributed by atoms with E-state index in [2.05, 4.69) is 5.32 Å². The van der Waals surface area contributed by atoms with Crippen LogP contribution in [0, 0.1) is 5.82 Å². The van der Waals surface area contributed by atoms with Gasteiger partial charge in [-0.3, -0.25) is 19.3 Å². The molecular formula is C22H23FN4O4. The molecule has 0 aromatic heterocycles. The summed E-state index contributed by atoms with van der Waals surface area (Å²) in [5, 5.41) is 2.60. The first kappa shape index (κ1) is 21.9. The highest BCUT2D eigenvalue weighted by Gasteiger charge is 2.49. The van der Waals surface area contributed by atoms with Crippen LogP contribution in [0.1, 0.15) is 41.4 Å². The number of imide groups is 1. The highest BCUT2D eigenvalue weighted by atomic mass is 19.1. The maximum atomic E-state index is 13.2. The SMILES string of the molecule is CC(c1ccc(F)cc1)N(C)C(=O)CN1C(=O)NC(C)(c2cccc(C(N)=O)c2)C1=O. The van der Waals surface area contributed by atoms with Gasteiger partial charge in [-0.15, -0.1) is 0 Å². The summed E-state index contributed by atoms with van der Waals surface area (Å²) in [7, 11) is 1.55. The van der Waals surface area contributed by atoms with Crippen molar-refractivity contribution in [1.29, 1.82) is 0 Å². The third kappa shape index (κ3) is 4.11. The Morgan fingerprint density at radius 1 is 1.19 bits per heavy atom. The fourth-order valence-corrected chi connectivity index (χ4v) is 3.45. The quantitative estimate of drug-likeness (QED) is 0.687. The number of benzene rings is 2. The molecule has 2 unspecified atom stereocenters. The summed E-state index contributed by atoms with van der Waals surface area (Å²) in [5.41, 5.74) is 5.15. The van der Waals surface area contributed by atoms with Crippen molar-refractivity contribution in [3.63, 3.8) is 0 Å². The number of primary amides is 1. The first-order valence-electron chi connectivity index (χ1n) is 9.60. The minimum Gasteiger partial charge on any atom is -0.366 e. The minimum absolute atomic E-state index is 0.197. The zero-order valence-electron chi connectivity index (χ0n) is 17.4. The normalized spacial score (nSPS) is 19.2. The summed E-state index contributed by atoms with van der Waals surface area (Å²) < 4.78 is 13.2. The van der Waals surface area contributed by atoms with Crippen molar-refractivity contribution in [2.24, 2.45) is 5.73 Å². The van der Waals surface area contributed by atoms with Crippen LogP contribution < -0.4 is 11.1 Å². The average molecular weight is 426 g/mol. The van der Waals surface area contributed by atoms with E-state index in [1.54, 1.807) is 38.2 Å². The number of amides is 5. The molecule has 1 heterocycles. The Morgan fingerprint density at radius 2 is 1.84 bits per heavy atom. The maximum Gasteiger partial charge on any atom is 0.325 e. The van der Waals surface area contributed by atoms with Crippen molar-refractivity contribution in [2.45, 2.75) is 25.4 Å². The molecule has 1 fully saturated rings. The van der Waals surface area contributed by atoms with Crippen molar-refractivity contribution in [1.82, 2.24) is 15.1 Å². The Hall–Kier alpha value is -3.75. The Balaban J connectivity index is 1.77.